The van der Waals surface area contributed by atoms with E-state index in [1.165, 1.54) is 11.8 Å². The summed E-state index contributed by atoms with van der Waals surface area (Å²) in [5.41, 5.74) is 2.71. The molecule has 0 aliphatic carbocycles. The molecule has 5 rings (SSSR count). The van der Waals surface area contributed by atoms with Gasteiger partial charge in [0.25, 0.3) is 0 Å². The number of carbonyl (C=O) groups excluding carboxylic acids is 1. The maximum atomic E-state index is 12.5. The first-order chi connectivity index (χ1) is 15.7. The SMILES string of the molecule is O=C(CSc1nnc(-c2ccco2)n1Cc1ccccc1)Nc1ccc2[nH]c(=O)[nH]c2c1. The van der Waals surface area contributed by atoms with Gasteiger partial charge in [-0.1, -0.05) is 42.1 Å². The Balaban J connectivity index is 1.32. The summed E-state index contributed by atoms with van der Waals surface area (Å²) in [7, 11) is 0. The lowest BCUT2D eigenvalue weighted by atomic mass is 10.2. The fourth-order valence-corrected chi connectivity index (χ4v) is 4.07. The van der Waals surface area contributed by atoms with Gasteiger partial charge >= 0.3 is 5.69 Å². The van der Waals surface area contributed by atoms with E-state index in [2.05, 4.69) is 25.5 Å². The standard InChI is InChI=1S/C22H18N6O3S/c29-19(23-15-8-9-16-17(11-15)25-21(30)24-16)13-32-22-27-26-20(18-7-4-10-31-18)28(22)12-14-5-2-1-3-6-14/h1-11H,12-13H2,(H,23,29)(H2,24,25,30). The van der Waals surface area contributed by atoms with Crippen LogP contribution in [-0.4, -0.2) is 36.4 Å². The molecule has 0 saturated carbocycles. The van der Waals surface area contributed by atoms with Crippen molar-refractivity contribution in [3.8, 4) is 11.6 Å². The van der Waals surface area contributed by atoms with Gasteiger partial charge in [0.1, 0.15) is 0 Å². The highest BCUT2D eigenvalue weighted by Crippen LogP contribution is 2.26. The Kier molecular flexibility index (Phi) is 5.34. The zero-order valence-corrected chi connectivity index (χ0v) is 17.6. The number of aromatic nitrogens is 5. The molecule has 0 radical (unpaired) electrons. The van der Waals surface area contributed by atoms with Crippen LogP contribution < -0.4 is 11.0 Å². The van der Waals surface area contributed by atoms with Crippen LogP contribution in [-0.2, 0) is 11.3 Å². The van der Waals surface area contributed by atoms with Crippen LogP contribution in [0, 0.1) is 0 Å². The molecular formula is C22H18N6O3S. The van der Waals surface area contributed by atoms with Crippen LogP contribution in [0.4, 0.5) is 5.69 Å². The number of aromatic amines is 2. The molecule has 1 amide bonds. The molecular weight excluding hydrogens is 428 g/mol. The predicted molar refractivity (Wildman–Crippen MR) is 122 cm³/mol. The molecule has 0 bridgehead atoms. The fourth-order valence-electron chi connectivity index (χ4n) is 3.33. The number of nitrogens with one attached hydrogen (secondary N) is 3. The van der Waals surface area contributed by atoms with Crippen molar-refractivity contribution in [2.24, 2.45) is 0 Å². The molecule has 0 saturated heterocycles. The van der Waals surface area contributed by atoms with Gasteiger partial charge in [-0.2, -0.15) is 0 Å². The number of hydrogen-bond donors (Lipinski definition) is 3. The Hall–Kier alpha value is -4.05. The number of amides is 1. The van der Waals surface area contributed by atoms with Crippen LogP contribution in [0.1, 0.15) is 5.56 Å². The molecule has 0 spiro atoms. The molecule has 32 heavy (non-hydrogen) atoms. The summed E-state index contributed by atoms with van der Waals surface area (Å²) in [6, 6.07) is 18.8. The molecule has 9 nitrogen and oxygen atoms in total. The largest absolute Gasteiger partial charge is 0.461 e. The highest BCUT2D eigenvalue weighted by atomic mass is 32.2. The van der Waals surface area contributed by atoms with Crippen LogP contribution in [0.15, 0.2) is 81.3 Å². The lowest BCUT2D eigenvalue weighted by molar-refractivity contribution is -0.113. The number of fused-ring (bicyclic) bond motifs is 1. The van der Waals surface area contributed by atoms with Gasteiger partial charge in [-0.15, -0.1) is 10.2 Å². The zero-order chi connectivity index (χ0) is 21.9. The number of carbonyl (C=O) groups is 1. The first-order valence-electron chi connectivity index (χ1n) is 9.81. The van der Waals surface area contributed by atoms with Crippen LogP contribution in [0.5, 0.6) is 0 Å². The van der Waals surface area contributed by atoms with Gasteiger partial charge in [0.05, 0.1) is 29.6 Å². The second-order valence-electron chi connectivity index (χ2n) is 7.03. The van der Waals surface area contributed by atoms with Gasteiger partial charge in [-0.05, 0) is 35.9 Å². The quantitative estimate of drug-likeness (QED) is 0.329. The van der Waals surface area contributed by atoms with E-state index in [0.29, 0.717) is 40.0 Å². The van der Waals surface area contributed by atoms with Crippen molar-refractivity contribution < 1.29 is 9.21 Å². The Morgan fingerprint density at radius 1 is 1.03 bits per heavy atom. The number of anilines is 1. The van der Waals surface area contributed by atoms with E-state index < -0.39 is 0 Å². The lowest BCUT2D eigenvalue weighted by Crippen LogP contribution is -2.14. The third-order valence-electron chi connectivity index (χ3n) is 4.77. The van der Waals surface area contributed by atoms with Crippen LogP contribution in [0.3, 0.4) is 0 Å². The second kappa shape index (κ2) is 8.60. The fraction of sp³-hybridized carbons (Fsp3) is 0.0909. The molecule has 0 fully saturated rings. The van der Waals surface area contributed by atoms with E-state index >= 15 is 0 Å². The average molecular weight is 446 g/mol. The summed E-state index contributed by atoms with van der Waals surface area (Å²) >= 11 is 1.29. The Bertz CT molecular complexity index is 1420. The summed E-state index contributed by atoms with van der Waals surface area (Å²) in [5.74, 6) is 1.16. The zero-order valence-electron chi connectivity index (χ0n) is 16.7. The number of rotatable bonds is 7. The summed E-state index contributed by atoms with van der Waals surface area (Å²) in [6.07, 6.45) is 1.59. The normalized spacial score (nSPS) is 11.1. The summed E-state index contributed by atoms with van der Waals surface area (Å²) in [5, 5.41) is 12.0. The van der Waals surface area contributed by atoms with Gasteiger partial charge in [-0.3, -0.25) is 9.36 Å². The van der Waals surface area contributed by atoms with Gasteiger partial charge in [0.15, 0.2) is 10.9 Å². The molecule has 5 aromatic rings. The molecule has 0 unspecified atom stereocenters. The lowest BCUT2D eigenvalue weighted by Gasteiger charge is -2.09. The van der Waals surface area contributed by atoms with Gasteiger partial charge < -0.3 is 19.7 Å². The van der Waals surface area contributed by atoms with Crippen molar-refractivity contribution in [2.45, 2.75) is 11.7 Å². The van der Waals surface area contributed by atoms with E-state index in [9.17, 15) is 9.59 Å². The van der Waals surface area contributed by atoms with Crippen LogP contribution in [0.2, 0.25) is 0 Å². The molecule has 10 heteroatoms. The monoisotopic (exact) mass is 446 g/mol. The van der Waals surface area contributed by atoms with Gasteiger partial charge in [0, 0.05) is 5.69 Å². The maximum absolute atomic E-state index is 12.5. The molecule has 3 N–H and O–H groups in total. The van der Waals surface area contributed by atoms with E-state index in [-0.39, 0.29) is 17.3 Å². The van der Waals surface area contributed by atoms with Crippen molar-refractivity contribution in [2.75, 3.05) is 11.1 Å². The van der Waals surface area contributed by atoms with Crippen molar-refractivity contribution in [1.82, 2.24) is 24.7 Å². The predicted octanol–water partition coefficient (Wildman–Crippen LogP) is 3.49. The van der Waals surface area contributed by atoms with Crippen molar-refractivity contribution >= 4 is 34.4 Å². The smallest absolute Gasteiger partial charge is 0.323 e. The number of imidazole rings is 1. The first-order valence-corrected chi connectivity index (χ1v) is 10.8. The van der Waals surface area contributed by atoms with E-state index in [1.54, 1.807) is 30.5 Å². The number of furan rings is 1. The van der Waals surface area contributed by atoms with Gasteiger partial charge in [-0.25, -0.2) is 4.79 Å². The molecule has 0 aliphatic heterocycles. The highest BCUT2D eigenvalue weighted by molar-refractivity contribution is 7.99. The molecule has 2 aromatic carbocycles. The average Bonchev–Trinajstić information content (AvgIpc) is 3.52. The third-order valence-corrected chi connectivity index (χ3v) is 5.74. The van der Waals surface area contributed by atoms with Crippen molar-refractivity contribution in [1.29, 1.82) is 0 Å². The number of hydrogen-bond acceptors (Lipinski definition) is 6. The van der Waals surface area contributed by atoms with Gasteiger partial charge in [0.2, 0.25) is 11.7 Å². The minimum Gasteiger partial charge on any atom is -0.461 e. The topological polar surface area (TPSA) is 122 Å². The minimum atomic E-state index is -0.288. The number of thioether (sulfide) groups is 1. The summed E-state index contributed by atoms with van der Waals surface area (Å²) in [6.45, 7) is 0.547. The first kappa shape index (κ1) is 19.9. The molecule has 3 heterocycles. The Morgan fingerprint density at radius 2 is 1.88 bits per heavy atom. The molecule has 160 valence electrons. The second-order valence-corrected chi connectivity index (χ2v) is 7.97. The van der Waals surface area contributed by atoms with Crippen molar-refractivity contribution in [3.05, 3.63) is 83.0 Å². The third kappa shape index (κ3) is 4.21. The summed E-state index contributed by atoms with van der Waals surface area (Å²) < 4.78 is 7.45. The van der Waals surface area contributed by atoms with Crippen LogP contribution in [0.25, 0.3) is 22.6 Å². The number of nitrogens with zero attached hydrogens (tertiary/aromatic N) is 3. The van der Waals surface area contributed by atoms with Crippen molar-refractivity contribution in [3.63, 3.8) is 0 Å². The Labute approximate surface area is 185 Å². The highest BCUT2D eigenvalue weighted by Gasteiger charge is 2.18. The summed E-state index contributed by atoms with van der Waals surface area (Å²) in [4.78, 5) is 29.3. The maximum Gasteiger partial charge on any atom is 0.323 e. The minimum absolute atomic E-state index is 0.146. The van der Waals surface area contributed by atoms with E-state index in [1.807, 2.05) is 41.0 Å². The number of H-pyrrole nitrogens is 2. The van der Waals surface area contributed by atoms with E-state index in [0.717, 1.165) is 5.56 Å². The number of benzene rings is 2. The molecule has 0 aliphatic rings. The Morgan fingerprint density at radius 3 is 2.69 bits per heavy atom. The van der Waals surface area contributed by atoms with E-state index in [4.69, 9.17) is 4.42 Å². The van der Waals surface area contributed by atoms with Crippen LogP contribution >= 0.6 is 11.8 Å². The molecule has 0 atom stereocenters. The molecule has 3 aromatic heterocycles.